The first kappa shape index (κ1) is 26.2. The summed E-state index contributed by atoms with van der Waals surface area (Å²) in [5.74, 6) is -0.0937. The van der Waals surface area contributed by atoms with Gasteiger partial charge in [-0.2, -0.15) is 9.97 Å². The van der Waals surface area contributed by atoms with E-state index < -0.39 is 43.1 Å². The first-order valence-electron chi connectivity index (χ1n) is 10.7. The van der Waals surface area contributed by atoms with Crippen molar-refractivity contribution in [3.8, 4) is 0 Å². The number of anilines is 1. The van der Waals surface area contributed by atoms with Crippen molar-refractivity contribution in [1.82, 2.24) is 19.5 Å². The van der Waals surface area contributed by atoms with Crippen LogP contribution in [-0.4, -0.2) is 69.0 Å². The standard InChI is InChI=1S/C19H31ClN5O7P/c1-5-18(4,32-33(29,30)19(28,6-2)7-3)8-10-12(26)13(27)16(31-10)25-9-22-11-14(20)23-17(21)24-15(11)25/h9-10,12-13,16,26-28H,5-8H2,1-4H3,(H,29,30)(H2,21,23,24)/t10?,12-,13-,16-,18?/m1/s1. The average Bonchev–Trinajstić information content (AvgIpc) is 3.28. The topological polar surface area (TPSA) is 186 Å². The van der Waals surface area contributed by atoms with E-state index >= 15 is 0 Å². The highest BCUT2D eigenvalue weighted by atomic mass is 35.5. The van der Waals surface area contributed by atoms with Crippen LogP contribution in [0.1, 0.15) is 59.6 Å². The molecular formula is C19H31ClN5O7P. The molecule has 0 radical (unpaired) electrons. The molecular weight excluding hydrogens is 477 g/mol. The van der Waals surface area contributed by atoms with Crippen LogP contribution in [0.5, 0.6) is 0 Å². The third-order valence-electron chi connectivity index (χ3n) is 6.39. The van der Waals surface area contributed by atoms with Gasteiger partial charge in [-0.15, -0.1) is 0 Å². The Hall–Kier alpha value is -1.37. The molecule has 1 fully saturated rings. The third-order valence-corrected chi connectivity index (χ3v) is 9.03. The molecule has 6 N–H and O–H groups in total. The van der Waals surface area contributed by atoms with Crippen molar-refractivity contribution < 1.29 is 34.0 Å². The van der Waals surface area contributed by atoms with Crippen molar-refractivity contribution in [2.24, 2.45) is 0 Å². The SMILES string of the molecule is CCC(C)(CC1O[C@@H](n2cnc3c(Cl)nc(N)nc32)[C@H](O)[C@@H]1O)OP(=O)(O)C(O)(CC)CC. The fourth-order valence-electron chi connectivity index (χ4n) is 3.92. The number of aromatic nitrogens is 4. The molecule has 3 unspecified atom stereocenters. The van der Waals surface area contributed by atoms with Gasteiger partial charge in [0.1, 0.15) is 17.7 Å². The van der Waals surface area contributed by atoms with E-state index in [0.29, 0.717) is 0 Å². The molecule has 186 valence electrons. The van der Waals surface area contributed by atoms with Crippen molar-refractivity contribution in [2.75, 3.05) is 5.73 Å². The molecule has 2 aromatic heterocycles. The molecule has 0 bridgehead atoms. The fourth-order valence-corrected chi connectivity index (χ4v) is 5.91. The first-order valence-corrected chi connectivity index (χ1v) is 12.7. The van der Waals surface area contributed by atoms with E-state index in [9.17, 15) is 24.8 Å². The van der Waals surface area contributed by atoms with Crippen molar-refractivity contribution in [1.29, 1.82) is 0 Å². The summed E-state index contributed by atoms with van der Waals surface area (Å²) in [6, 6.07) is 0. The van der Waals surface area contributed by atoms with Gasteiger partial charge in [0.15, 0.2) is 22.4 Å². The predicted octanol–water partition coefficient (Wildman–Crippen LogP) is 1.95. The molecule has 0 aliphatic carbocycles. The van der Waals surface area contributed by atoms with Crippen LogP contribution < -0.4 is 5.73 Å². The second-order valence-electron chi connectivity index (χ2n) is 8.55. The molecule has 3 rings (SSSR count). The number of rotatable bonds is 9. The van der Waals surface area contributed by atoms with E-state index in [4.69, 9.17) is 26.6 Å². The zero-order valence-electron chi connectivity index (χ0n) is 18.9. The van der Waals surface area contributed by atoms with E-state index in [1.54, 1.807) is 27.7 Å². The number of aliphatic hydroxyl groups is 3. The number of imidazole rings is 1. The van der Waals surface area contributed by atoms with Gasteiger partial charge in [-0.3, -0.25) is 9.13 Å². The Morgan fingerprint density at radius 2 is 1.88 bits per heavy atom. The molecule has 12 nitrogen and oxygen atoms in total. The van der Waals surface area contributed by atoms with Crippen LogP contribution in [0.15, 0.2) is 6.33 Å². The second-order valence-corrected chi connectivity index (χ2v) is 11.0. The minimum atomic E-state index is -4.46. The second kappa shape index (κ2) is 9.35. The van der Waals surface area contributed by atoms with Gasteiger partial charge in [-0.05, 0) is 26.2 Å². The van der Waals surface area contributed by atoms with Crippen molar-refractivity contribution in [3.63, 3.8) is 0 Å². The van der Waals surface area contributed by atoms with Crippen LogP contribution >= 0.6 is 19.2 Å². The molecule has 1 aliphatic heterocycles. The van der Waals surface area contributed by atoms with Crippen LogP contribution in [0.25, 0.3) is 11.2 Å². The Morgan fingerprint density at radius 1 is 1.24 bits per heavy atom. The minimum Gasteiger partial charge on any atom is -0.388 e. The fraction of sp³-hybridized carbons (Fsp3) is 0.737. The maximum Gasteiger partial charge on any atom is 0.359 e. The highest BCUT2D eigenvalue weighted by Gasteiger charge is 2.51. The normalized spacial score (nSPS) is 27.5. The molecule has 33 heavy (non-hydrogen) atoms. The lowest BCUT2D eigenvalue weighted by Crippen LogP contribution is -2.40. The largest absolute Gasteiger partial charge is 0.388 e. The number of hydrogen-bond acceptors (Lipinski definition) is 10. The van der Waals surface area contributed by atoms with Crippen LogP contribution in [0.2, 0.25) is 5.15 Å². The molecule has 1 aliphatic rings. The van der Waals surface area contributed by atoms with Gasteiger partial charge in [-0.1, -0.05) is 32.4 Å². The number of nitrogen functional groups attached to an aromatic ring is 1. The van der Waals surface area contributed by atoms with Crippen LogP contribution in [0.3, 0.4) is 0 Å². The Labute approximate surface area is 196 Å². The summed E-state index contributed by atoms with van der Waals surface area (Å²) in [4.78, 5) is 22.6. The zero-order valence-corrected chi connectivity index (χ0v) is 20.6. The smallest absolute Gasteiger partial charge is 0.359 e. The number of hydrogen-bond donors (Lipinski definition) is 5. The quantitative estimate of drug-likeness (QED) is 0.246. The predicted molar refractivity (Wildman–Crippen MR) is 120 cm³/mol. The molecule has 0 spiro atoms. The number of nitrogens with zero attached hydrogens (tertiary/aromatic N) is 4. The maximum atomic E-state index is 12.9. The third kappa shape index (κ3) is 4.76. The summed E-state index contributed by atoms with van der Waals surface area (Å²) in [5, 5.41) is 30.1. The molecule has 1 saturated heterocycles. The number of fused-ring (bicyclic) bond motifs is 1. The van der Waals surface area contributed by atoms with Gasteiger partial charge in [-0.25, -0.2) is 4.98 Å². The Balaban J connectivity index is 1.86. The molecule has 6 atom stereocenters. The van der Waals surface area contributed by atoms with E-state index in [2.05, 4.69) is 15.0 Å². The van der Waals surface area contributed by atoms with Crippen molar-refractivity contribution in [2.45, 2.75) is 88.9 Å². The van der Waals surface area contributed by atoms with Crippen molar-refractivity contribution in [3.05, 3.63) is 11.5 Å². The number of nitrogens with two attached hydrogens (primary N) is 1. The Bertz CT molecular complexity index is 1050. The van der Waals surface area contributed by atoms with Gasteiger partial charge in [0.05, 0.1) is 18.0 Å². The summed E-state index contributed by atoms with van der Waals surface area (Å²) in [5.41, 5.74) is 4.90. The van der Waals surface area contributed by atoms with Crippen LogP contribution in [0, 0.1) is 0 Å². The summed E-state index contributed by atoms with van der Waals surface area (Å²) >= 11 is 6.06. The summed E-state index contributed by atoms with van der Waals surface area (Å²) in [6.45, 7) is 6.54. The first-order chi connectivity index (χ1) is 15.3. The molecule has 2 aromatic rings. The minimum absolute atomic E-state index is 0.0294. The summed E-state index contributed by atoms with van der Waals surface area (Å²) in [7, 11) is -4.46. The van der Waals surface area contributed by atoms with E-state index in [0.717, 1.165) is 0 Å². The molecule has 0 amide bonds. The lowest BCUT2D eigenvalue weighted by molar-refractivity contribution is -0.0696. The summed E-state index contributed by atoms with van der Waals surface area (Å²) < 4.78 is 25.9. The lowest BCUT2D eigenvalue weighted by atomic mass is 9.93. The monoisotopic (exact) mass is 507 g/mol. The van der Waals surface area contributed by atoms with Gasteiger partial charge >= 0.3 is 7.60 Å². The average molecular weight is 508 g/mol. The molecule has 14 heteroatoms. The Morgan fingerprint density at radius 3 is 2.45 bits per heavy atom. The lowest BCUT2D eigenvalue weighted by Gasteiger charge is -2.38. The van der Waals surface area contributed by atoms with Gasteiger partial charge in [0, 0.05) is 6.42 Å². The van der Waals surface area contributed by atoms with E-state index in [1.165, 1.54) is 10.9 Å². The number of ether oxygens (including phenoxy) is 1. The highest BCUT2D eigenvalue weighted by Crippen LogP contribution is 2.60. The van der Waals surface area contributed by atoms with Gasteiger partial charge in [0.2, 0.25) is 5.95 Å². The van der Waals surface area contributed by atoms with Crippen LogP contribution in [0.4, 0.5) is 5.95 Å². The van der Waals surface area contributed by atoms with E-state index in [1.807, 2.05) is 0 Å². The molecule has 3 heterocycles. The molecule has 0 saturated carbocycles. The van der Waals surface area contributed by atoms with Gasteiger partial charge in [0.25, 0.3) is 0 Å². The summed E-state index contributed by atoms with van der Waals surface area (Å²) in [6.07, 6.45) is -3.10. The van der Waals surface area contributed by atoms with Crippen LogP contribution in [-0.2, 0) is 13.8 Å². The molecule has 0 aromatic carbocycles. The number of aliphatic hydroxyl groups excluding tert-OH is 2. The van der Waals surface area contributed by atoms with Gasteiger partial charge < -0.3 is 35.2 Å². The maximum absolute atomic E-state index is 12.9. The van der Waals surface area contributed by atoms with Crippen molar-refractivity contribution >= 4 is 36.3 Å². The zero-order chi connectivity index (χ0) is 24.8. The van der Waals surface area contributed by atoms with E-state index in [-0.39, 0.29) is 47.9 Å². The Kier molecular flexibility index (Phi) is 7.43. The highest BCUT2D eigenvalue weighted by molar-refractivity contribution is 7.54. The number of halogens is 1.